The van der Waals surface area contributed by atoms with E-state index in [4.69, 9.17) is 0 Å². The van der Waals surface area contributed by atoms with Crippen LogP contribution in [0.25, 0.3) is 0 Å². The molecule has 0 heterocycles. The number of esters is 1. The lowest BCUT2D eigenvalue weighted by molar-refractivity contribution is -0.137. The lowest BCUT2D eigenvalue weighted by Gasteiger charge is -2.24. The minimum Gasteiger partial charge on any atom is -0.460 e. The Morgan fingerprint density at radius 1 is 1.19 bits per heavy atom. The van der Waals surface area contributed by atoms with Crippen LogP contribution in [0.2, 0.25) is 0 Å². The van der Waals surface area contributed by atoms with Crippen LogP contribution in [0.5, 0.6) is 0 Å². The molecule has 1 aromatic rings. The topological polar surface area (TPSA) is 60.4 Å². The van der Waals surface area contributed by atoms with Gasteiger partial charge < -0.3 is 4.74 Å². The number of benzene rings is 1. The number of ketones is 2. The van der Waals surface area contributed by atoms with Gasteiger partial charge in [-0.2, -0.15) is 0 Å². The van der Waals surface area contributed by atoms with Gasteiger partial charge in [-0.05, 0) is 24.0 Å². The number of carbonyl (C=O) groups is 3. The molecule has 21 heavy (non-hydrogen) atoms. The van der Waals surface area contributed by atoms with Crippen molar-refractivity contribution in [2.24, 2.45) is 0 Å². The minimum absolute atomic E-state index is 0.0355. The molecule has 0 saturated heterocycles. The zero-order chi connectivity index (χ0) is 16.0. The predicted molar refractivity (Wildman–Crippen MR) is 80.3 cm³/mol. The molecule has 0 unspecified atom stereocenters. The third-order valence-corrected chi connectivity index (χ3v) is 3.23. The average Bonchev–Trinajstić information content (AvgIpc) is 2.46. The van der Waals surface area contributed by atoms with Crippen molar-refractivity contribution in [1.29, 1.82) is 0 Å². The van der Waals surface area contributed by atoms with Crippen LogP contribution in [0, 0.1) is 0 Å². The quantitative estimate of drug-likeness (QED) is 0.335. The van der Waals surface area contributed by atoms with Crippen LogP contribution in [0.15, 0.2) is 36.9 Å². The fraction of sp³-hybridized carbons (Fsp3) is 0.353. The van der Waals surface area contributed by atoms with Gasteiger partial charge in [0.25, 0.3) is 5.78 Å². The number of hydrogen-bond donors (Lipinski definition) is 0. The number of ether oxygens (including phenoxy) is 1. The highest BCUT2D eigenvalue weighted by atomic mass is 16.5. The molecule has 0 fully saturated rings. The van der Waals surface area contributed by atoms with E-state index in [1.165, 1.54) is 6.08 Å². The van der Waals surface area contributed by atoms with Crippen molar-refractivity contribution in [3.8, 4) is 0 Å². The average molecular weight is 288 g/mol. The summed E-state index contributed by atoms with van der Waals surface area (Å²) in [6.45, 7) is 9.16. The molecule has 0 aliphatic rings. The van der Waals surface area contributed by atoms with Gasteiger partial charge in [-0.25, -0.2) is 4.79 Å². The zero-order valence-corrected chi connectivity index (χ0v) is 12.6. The van der Waals surface area contributed by atoms with Gasteiger partial charge in [-0.15, -0.1) is 0 Å². The number of hydrogen-bond acceptors (Lipinski definition) is 4. The second-order valence-electron chi connectivity index (χ2n) is 5.36. The summed E-state index contributed by atoms with van der Waals surface area (Å²) in [5.74, 6) is -1.55. The summed E-state index contributed by atoms with van der Waals surface area (Å²) in [5, 5.41) is 0. The molecule has 4 nitrogen and oxygen atoms in total. The van der Waals surface area contributed by atoms with Crippen molar-refractivity contribution in [2.45, 2.75) is 32.6 Å². The summed E-state index contributed by atoms with van der Waals surface area (Å²) in [6, 6.07) is 6.66. The molecule has 0 radical (unpaired) electrons. The van der Waals surface area contributed by atoms with Crippen LogP contribution in [-0.4, -0.2) is 24.1 Å². The molecule has 0 bridgehead atoms. The molecule has 0 saturated carbocycles. The highest BCUT2D eigenvalue weighted by Crippen LogP contribution is 2.27. The summed E-state index contributed by atoms with van der Waals surface area (Å²) < 4.78 is 4.68. The van der Waals surface area contributed by atoms with Gasteiger partial charge in [0.1, 0.15) is 0 Å². The summed E-state index contributed by atoms with van der Waals surface area (Å²) in [5.41, 5.74) is 0.831. The van der Waals surface area contributed by atoms with E-state index in [2.05, 4.69) is 11.3 Å². The van der Waals surface area contributed by atoms with E-state index in [9.17, 15) is 14.4 Å². The van der Waals surface area contributed by atoms with Gasteiger partial charge >= 0.3 is 5.97 Å². The van der Waals surface area contributed by atoms with Crippen molar-refractivity contribution < 1.29 is 19.1 Å². The first-order valence-electron chi connectivity index (χ1n) is 6.79. The molecule has 0 N–H and O–H groups in total. The van der Waals surface area contributed by atoms with Gasteiger partial charge in [-0.3, -0.25) is 9.59 Å². The van der Waals surface area contributed by atoms with E-state index >= 15 is 0 Å². The molecular formula is C17H20O4. The molecule has 0 aromatic heterocycles. The van der Waals surface area contributed by atoms with Crippen molar-refractivity contribution >= 4 is 17.5 Å². The second kappa shape index (κ2) is 6.97. The van der Waals surface area contributed by atoms with E-state index in [1.807, 2.05) is 13.8 Å². The van der Waals surface area contributed by atoms with Crippen molar-refractivity contribution in [3.05, 3.63) is 48.0 Å². The first-order valence-corrected chi connectivity index (χ1v) is 6.79. The van der Waals surface area contributed by atoms with E-state index < -0.39 is 11.8 Å². The first kappa shape index (κ1) is 16.8. The molecule has 1 rings (SSSR count). The molecule has 1 aromatic carbocycles. The molecule has 0 aliphatic heterocycles. The molecule has 0 amide bonds. The lowest BCUT2D eigenvalue weighted by atomic mass is 9.80. The normalized spacial score (nSPS) is 10.8. The second-order valence-corrected chi connectivity index (χ2v) is 5.36. The number of Topliss-reactive ketones (excluding diaryl/α,β-unsaturated/α-hetero) is 1. The maximum absolute atomic E-state index is 11.8. The van der Waals surface area contributed by atoms with Crippen molar-refractivity contribution in [1.82, 2.24) is 0 Å². The summed E-state index contributed by atoms with van der Waals surface area (Å²) in [4.78, 5) is 34.7. The minimum atomic E-state index is -0.855. The van der Waals surface area contributed by atoms with Crippen LogP contribution < -0.4 is 0 Å². The molecule has 0 spiro atoms. The van der Waals surface area contributed by atoms with Gasteiger partial charge in [0, 0.05) is 12.0 Å². The summed E-state index contributed by atoms with van der Waals surface area (Å²) in [7, 11) is 0. The number of allylic oxidation sites excluding steroid dienone is 1. The molecule has 4 heteroatoms. The molecule has 0 aliphatic carbocycles. The maximum atomic E-state index is 11.8. The fourth-order valence-corrected chi connectivity index (χ4v) is 2.00. The fourth-order valence-electron chi connectivity index (χ4n) is 2.00. The number of rotatable bonds is 7. The van der Waals surface area contributed by atoms with Crippen molar-refractivity contribution in [2.75, 3.05) is 6.61 Å². The van der Waals surface area contributed by atoms with E-state index in [0.717, 1.165) is 5.56 Å². The third kappa shape index (κ3) is 4.38. The zero-order valence-electron chi connectivity index (χ0n) is 12.6. The van der Waals surface area contributed by atoms with Gasteiger partial charge in [0.15, 0.2) is 5.78 Å². The van der Waals surface area contributed by atoms with Crippen LogP contribution in [0.1, 0.15) is 43.1 Å². The van der Waals surface area contributed by atoms with Crippen LogP contribution >= 0.6 is 0 Å². The molecule has 0 atom stereocenters. The Morgan fingerprint density at radius 2 is 1.76 bits per heavy atom. The highest BCUT2D eigenvalue weighted by molar-refractivity contribution is 6.40. The smallest absolute Gasteiger partial charge is 0.379 e. The maximum Gasteiger partial charge on any atom is 0.379 e. The summed E-state index contributed by atoms with van der Waals surface area (Å²) >= 11 is 0. The van der Waals surface area contributed by atoms with Gasteiger partial charge in [0.2, 0.25) is 0 Å². The highest BCUT2D eigenvalue weighted by Gasteiger charge is 2.24. The van der Waals surface area contributed by atoms with E-state index in [0.29, 0.717) is 6.42 Å². The monoisotopic (exact) mass is 288 g/mol. The molecular weight excluding hydrogens is 268 g/mol. The Bertz CT molecular complexity index is 553. The molecule has 112 valence electrons. The SMILES string of the molecule is C=CC(=O)CC(C)(C)c1ccc(C(=O)C(=O)OCC)cc1. The van der Waals surface area contributed by atoms with Crippen LogP contribution in [0.4, 0.5) is 0 Å². The Balaban J connectivity index is 2.91. The van der Waals surface area contributed by atoms with Crippen LogP contribution in [-0.2, 0) is 19.7 Å². The Hall–Kier alpha value is -2.23. The Labute approximate surface area is 124 Å². The van der Waals surface area contributed by atoms with Gasteiger partial charge in [0.05, 0.1) is 6.61 Å². The van der Waals surface area contributed by atoms with Crippen LogP contribution in [0.3, 0.4) is 0 Å². The largest absolute Gasteiger partial charge is 0.460 e. The van der Waals surface area contributed by atoms with E-state index in [1.54, 1.807) is 31.2 Å². The summed E-state index contributed by atoms with van der Waals surface area (Å²) in [6.07, 6.45) is 1.64. The first-order chi connectivity index (χ1) is 9.81. The third-order valence-electron chi connectivity index (χ3n) is 3.23. The Morgan fingerprint density at radius 3 is 2.24 bits per heavy atom. The lowest BCUT2D eigenvalue weighted by Crippen LogP contribution is -2.21. The van der Waals surface area contributed by atoms with Gasteiger partial charge in [-0.1, -0.05) is 44.7 Å². The van der Waals surface area contributed by atoms with Crippen molar-refractivity contribution in [3.63, 3.8) is 0 Å². The Kier molecular flexibility index (Phi) is 5.59. The standard InChI is InChI=1S/C17H20O4/c1-5-14(18)11-17(3,4)13-9-7-12(8-10-13)15(19)16(20)21-6-2/h5,7-10H,1,6,11H2,2-4H3. The number of carbonyl (C=O) groups excluding carboxylic acids is 3. The van der Waals surface area contributed by atoms with E-state index in [-0.39, 0.29) is 23.4 Å². The predicted octanol–water partition coefficient (Wildman–Crippen LogP) is 2.86.